The number of hydrogen-bond acceptors (Lipinski definition) is 4. The van der Waals surface area contributed by atoms with E-state index in [2.05, 4.69) is 36.6 Å². The molecule has 10 heteroatoms. The van der Waals surface area contributed by atoms with Crippen LogP contribution in [0.3, 0.4) is 0 Å². The monoisotopic (exact) mass is 481 g/mol. The molecule has 0 radical (unpaired) electrons. The number of aryl methyl sites for hydroxylation is 1. The molecule has 0 aliphatic rings. The molecule has 1 aromatic carbocycles. The topological polar surface area (TPSA) is 88.9 Å². The second-order valence-corrected chi connectivity index (χ2v) is 7.24. The summed E-state index contributed by atoms with van der Waals surface area (Å²) in [6.07, 6.45) is 1.53. The van der Waals surface area contributed by atoms with Gasteiger partial charge in [-0.1, -0.05) is 35.3 Å². The molecular weight excluding hydrogens is 469 g/mol. The van der Waals surface area contributed by atoms with Crippen LogP contribution in [0.1, 0.15) is 26.4 Å². The van der Waals surface area contributed by atoms with E-state index in [0.29, 0.717) is 21.8 Å². The van der Waals surface area contributed by atoms with E-state index in [4.69, 9.17) is 23.2 Å². The zero-order chi connectivity index (χ0) is 20.4. The summed E-state index contributed by atoms with van der Waals surface area (Å²) in [5.41, 5.74) is 1.44. The van der Waals surface area contributed by atoms with Crippen molar-refractivity contribution in [2.45, 2.75) is 6.92 Å². The highest BCUT2D eigenvalue weighted by atomic mass is 79.9. The summed E-state index contributed by atoms with van der Waals surface area (Å²) in [5, 5.41) is 9.91. The second-order valence-electron chi connectivity index (χ2n) is 5.70. The van der Waals surface area contributed by atoms with Crippen molar-refractivity contribution in [1.82, 2.24) is 20.1 Å². The molecule has 0 fully saturated rings. The molecule has 3 aromatic rings. The predicted octanol–water partition coefficient (Wildman–Crippen LogP) is 4.26. The number of hydrogen-bond donors (Lipinski definition) is 2. The third-order valence-electron chi connectivity index (χ3n) is 3.93. The van der Waals surface area contributed by atoms with Crippen LogP contribution in [0.5, 0.6) is 0 Å². The molecule has 28 heavy (non-hydrogen) atoms. The Hall–Kier alpha value is -2.42. The average molecular weight is 483 g/mol. The van der Waals surface area contributed by atoms with Gasteiger partial charge in [-0.25, -0.2) is 9.67 Å². The number of rotatable bonds is 4. The molecule has 0 unspecified atom stereocenters. The van der Waals surface area contributed by atoms with Gasteiger partial charge in [0.05, 0.1) is 16.3 Å². The molecule has 2 heterocycles. The Balaban J connectivity index is 2.09. The molecular formula is C18H14BrCl2N5O2. The molecule has 7 nitrogen and oxygen atoms in total. The number of pyridine rings is 1. The molecule has 0 aliphatic carbocycles. The van der Waals surface area contributed by atoms with Gasteiger partial charge >= 0.3 is 0 Å². The first kappa shape index (κ1) is 20.3. The first-order valence-corrected chi connectivity index (χ1v) is 9.58. The molecule has 0 atom stereocenters. The molecule has 0 spiro atoms. The minimum Gasteiger partial charge on any atom is -0.355 e. The number of amides is 2. The predicted molar refractivity (Wildman–Crippen MR) is 112 cm³/mol. The van der Waals surface area contributed by atoms with Gasteiger partial charge in [0.15, 0.2) is 11.5 Å². The van der Waals surface area contributed by atoms with E-state index in [0.717, 1.165) is 0 Å². The highest BCUT2D eigenvalue weighted by molar-refractivity contribution is 9.10. The Morgan fingerprint density at radius 2 is 1.89 bits per heavy atom. The van der Waals surface area contributed by atoms with Crippen molar-refractivity contribution in [3.05, 3.63) is 68.0 Å². The highest BCUT2D eigenvalue weighted by Gasteiger charge is 2.26. The second kappa shape index (κ2) is 8.30. The number of nitrogens with one attached hydrogen (secondary N) is 2. The number of halogens is 3. The van der Waals surface area contributed by atoms with Crippen molar-refractivity contribution >= 4 is 56.6 Å². The largest absolute Gasteiger partial charge is 0.355 e. The Bertz CT molecular complexity index is 1080. The molecule has 0 saturated heterocycles. The Morgan fingerprint density at radius 3 is 2.57 bits per heavy atom. The lowest BCUT2D eigenvalue weighted by atomic mass is 10.1. The van der Waals surface area contributed by atoms with Crippen LogP contribution in [0.25, 0.3) is 5.82 Å². The normalized spacial score (nSPS) is 10.6. The van der Waals surface area contributed by atoms with Crippen LogP contribution >= 0.6 is 39.1 Å². The quantitative estimate of drug-likeness (QED) is 0.581. The summed E-state index contributed by atoms with van der Waals surface area (Å²) in [6, 6.07) is 8.42. The van der Waals surface area contributed by atoms with Gasteiger partial charge in [0.25, 0.3) is 11.8 Å². The first-order valence-electron chi connectivity index (χ1n) is 8.03. The van der Waals surface area contributed by atoms with Gasteiger partial charge in [-0.15, -0.1) is 0 Å². The van der Waals surface area contributed by atoms with E-state index >= 15 is 0 Å². The summed E-state index contributed by atoms with van der Waals surface area (Å²) in [7, 11) is 1.52. The zero-order valence-electron chi connectivity index (χ0n) is 14.8. The summed E-state index contributed by atoms with van der Waals surface area (Å²) >= 11 is 15.7. The third-order valence-corrected chi connectivity index (χ3v) is 5.36. The fourth-order valence-electron chi connectivity index (χ4n) is 2.59. The highest BCUT2D eigenvalue weighted by Crippen LogP contribution is 2.31. The molecule has 2 aromatic heterocycles. The fourth-order valence-corrected chi connectivity index (χ4v) is 3.34. The summed E-state index contributed by atoms with van der Waals surface area (Å²) < 4.78 is 1.51. The van der Waals surface area contributed by atoms with Crippen molar-refractivity contribution < 1.29 is 9.59 Å². The van der Waals surface area contributed by atoms with Crippen LogP contribution in [0.15, 0.2) is 41.1 Å². The van der Waals surface area contributed by atoms with Gasteiger partial charge in [0, 0.05) is 13.2 Å². The molecule has 144 valence electrons. The van der Waals surface area contributed by atoms with Crippen molar-refractivity contribution in [2.75, 3.05) is 12.4 Å². The number of anilines is 1. The number of benzene rings is 1. The van der Waals surface area contributed by atoms with E-state index in [1.807, 2.05) is 0 Å². The van der Waals surface area contributed by atoms with E-state index < -0.39 is 5.91 Å². The van der Waals surface area contributed by atoms with Gasteiger partial charge in [0.1, 0.15) is 9.63 Å². The van der Waals surface area contributed by atoms with E-state index in [1.165, 1.54) is 17.9 Å². The van der Waals surface area contributed by atoms with Crippen LogP contribution in [0.2, 0.25) is 10.0 Å². The maximum Gasteiger partial charge on any atom is 0.276 e. The van der Waals surface area contributed by atoms with Gasteiger partial charge in [-0.2, -0.15) is 5.10 Å². The van der Waals surface area contributed by atoms with Crippen LogP contribution < -0.4 is 10.6 Å². The standard InChI is InChI=1S/C18H14BrCl2N5O2/c1-9-5-3-6-10(17(27)22-2)13(9)24-18(28)14-12(21)15(19)25-26(14)16-11(20)7-4-8-23-16/h3-8H,1-2H3,(H,22,27)(H,24,28). The van der Waals surface area contributed by atoms with Crippen LogP contribution in [-0.2, 0) is 0 Å². The molecule has 0 aliphatic heterocycles. The van der Waals surface area contributed by atoms with Crippen molar-refractivity contribution in [2.24, 2.45) is 0 Å². The molecule has 3 rings (SSSR count). The van der Waals surface area contributed by atoms with Crippen LogP contribution in [0, 0.1) is 6.92 Å². The van der Waals surface area contributed by atoms with Gasteiger partial charge in [-0.05, 0) is 46.6 Å². The Labute approximate surface area is 179 Å². The van der Waals surface area contributed by atoms with Crippen LogP contribution in [-0.4, -0.2) is 33.6 Å². The number of aromatic nitrogens is 3. The third kappa shape index (κ3) is 3.76. The minimum atomic E-state index is -0.565. The SMILES string of the molecule is CNC(=O)c1cccc(C)c1NC(=O)c1c(Cl)c(Br)nn1-c1ncccc1Cl. The smallest absolute Gasteiger partial charge is 0.276 e. The maximum absolute atomic E-state index is 13.1. The van der Waals surface area contributed by atoms with Crippen molar-refractivity contribution in [3.63, 3.8) is 0 Å². The molecule has 2 N–H and O–H groups in total. The lowest BCUT2D eigenvalue weighted by Crippen LogP contribution is -2.23. The fraction of sp³-hybridized carbons (Fsp3) is 0.111. The average Bonchev–Trinajstić information content (AvgIpc) is 2.97. The lowest BCUT2D eigenvalue weighted by molar-refractivity contribution is 0.0964. The number of para-hydroxylation sites is 1. The zero-order valence-corrected chi connectivity index (χ0v) is 17.9. The van der Waals surface area contributed by atoms with Crippen molar-refractivity contribution in [1.29, 1.82) is 0 Å². The van der Waals surface area contributed by atoms with Crippen molar-refractivity contribution in [3.8, 4) is 5.82 Å². The molecule has 0 bridgehead atoms. The first-order chi connectivity index (χ1) is 13.3. The Morgan fingerprint density at radius 1 is 1.14 bits per heavy atom. The molecule has 0 saturated carbocycles. The summed E-state index contributed by atoms with van der Waals surface area (Å²) in [5.74, 6) is -0.643. The Kier molecular flexibility index (Phi) is 6.02. The van der Waals surface area contributed by atoms with E-state index in [1.54, 1.807) is 37.3 Å². The maximum atomic E-state index is 13.1. The van der Waals surface area contributed by atoms with E-state index in [9.17, 15) is 9.59 Å². The summed E-state index contributed by atoms with van der Waals surface area (Å²) in [6.45, 7) is 1.78. The number of nitrogens with zero attached hydrogens (tertiary/aromatic N) is 3. The van der Waals surface area contributed by atoms with Crippen LogP contribution in [0.4, 0.5) is 5.69 Å². The lowest BCUT2D eigenvalue weighted by Gasteiger charge is -2.14. The van der Waals surface area contributed by atoms with Gasteiger partial charge in [-0.3, -0.25) is 9.59 Å². The number of carbonyl (C=O) groups is 2. The molecule has 2 amide bonds. The summed E-state index contributed by atoms with van der Waals surface area (Å²) in [4.78, 5) is 29.4. The minimum absolute atomic E-state index is 0.0280. The van der Waals surface area contributed by atoms with Gasteiger partial charge < -0.3 is 10.6 Å². The van der Waals surface area contributed by atoms with E-state index in [-0.39, 0.29) is 27.0 Å². The number of carbonyl (C=O) groups excluding carboxylic acids is 2. The van der Waals surface area contributed by atoms with Gasteiger partial charge in [0.2, 0.25) is 0 Å².